The van der Waals surface area contributed by atoms with E-state index < -0.39 is 0 Å². The SMILES string of the molecule is COc1ccccc1CN(C)c1nncc(-c2ccc(Cl)cc2)n1. The third kappa shape index (κ3) is 3.63. The van der Waals surface area contributed by atoms with Crippen LogP contribution in [0.5, 0.6) is 5.75 Å². The van der Waals surface area contributed by atoms with Gasteiger partial charge in [-0.3, -0.25) is 0 Å². The average molecular weight is 341 g/mol. The Morgan fingerprint density at radius 2 is 1.83 bits per heavy atom. The van der Waals surface area contributed by atoms with Gasteiger partial charge in [-0.1, -0.05) is 41.9 Å². The Labute approximate surface area is 145 Å². The molecular formula is C18H17ClN4O. The normalized spacial score (nSPS) is 10.5. The molecule has 24 heavy (non-hydrogen) atoms. The van der Waals surface area contributed by atoms with E-state index in [2.05, 4.69) is 15.2 Å². The molecule has 0 atom stereocenters. The predicted octanol–water partition coefficient (Wildman–Crippen LogP) is 3.84. The fraction of sp³-hybridized carbons (Fsp3) is 0.167. The molecule has 1 heterocycles. The monoisotopic (exact) mass is 340 g/mol. The van der Waals surface area contributed by atoms with Crippen LogP contribution in [0.3, 0.4) is 0 Å². The molecule has 0 fully saturated rings. The standard InChI is InChI=1S/C18H17ClN4O/c1-23(12-14-5-3-4-6-17(14)24-2)18-21-16(11-20-22-18)13-7-9-15(19)10-8-13/h3-11H,12H2,1-2H3. The molecule has 3 aromatic rings. The smallest absolute Gasteiger partial charge is 0.245 e. The number of hydrogen-bond acceptors (Lipinski definition) is 5. The Hall–Kier alpha value is -2.66. The molecule has 2 aromatic carbocycles. The maximum absolute atomic E-state index is 5.93. The number of halogens is 1. The van der Waals surface area contributed by atoms with Gasteiger partial charge in [-0.2, -0.15) is 5.10 Å². The van der Waals surface area contributed by atoms with E-state index in [4.69, 9.17) is 16.3 Å². The molecule has 0 unspecified atom stereocenters. The highest BCUT2D eigenvalue weighted by Crippen LogP contribution is 2.22. The van der Waals surface area contributed by atoms with Crippen molar-refractivity contribution in [1.82, 2.24) is 15.2 Å². The number of aromatic nitrogens is 3. The van der Waals surface area contributed by atoms with Crippen LogP contribution in [0.4, 0.5) is 5.95 Å². The van der Waals surface area contributed by atoms with Gasteiger partial charge in [-0.05, 0) is 18.2 Å². The van der Waals surface area contributed by atoms with Crippen LogP contribution in [-0.2, 0) is 6.54 Å². The Balaban J connectivity index is 1.84. The third-order valence-corrected chi connectivity index (χ3v) is 3.88. The zero-order chi connectivity index (χ0) is 16.9. The highest BCUT2D eigenvalue weighted by molar-refractivity contribution is 6.30. The summed E-state index contributed by atoms with van der Waals surface area (Å²) in [5.74, 6) is 1.39. The Kier molecular flexibility index (Phi) is 4.91. The van der Waals surface area contributed by atoms with Crippen molar-refractivity contribution in [3.05, 3.63) is 65.3 Å². The number of hydrogen-bond donors (Lipinski definition) is 0. The van der Waals surface area contributed by atoms with E-state index >= 15 is 0 Å². The number of anilines is 1. The van der Waals surface area contributed by atoms with Crippen molar-refractivity contribution in [3.8, 4) is 17.0 Å². The molecule has 5 nitrogen and oxygen atoms in total. The number of ether oxygens (including phenoxy) is 1. The molecule has 1 aromatic heterocycles. The van der Waals surface area contributed by atoms with Crippen molar-refractivity contribution in [2.75, 3.05) is 19.1 Å². The molecule has 0 aliphatic heterocycles. The van der Waals surface area contributed by atoms with E-state index in [-0.39, 0.29) is 0 Å². The maximum Gasteiger partial charge on any atom is 0.245 e. The summed E-state index contributed by atoms with van der Waals surface area (Å²) in [5.41, 5.74) is 2.76. The van der Waals surface area contributed by atoms with Crippen molar-refractivity contribution in [2.45, 2.75) is 6.54 Å². The first-order valence-electron chi connectivity index (χ1n) is 7.46. The topological polar surface area (TPSA) is 51.1 Å². The zero-order valence-corrected chi connectivity index (χ0v) is 14.2. The van der Waals surface area contributed by atoms with Crippen LogP contribution in [0, 0.1) is 0 Å². The van der Waals surface area contributed by atoms with E-state index in [1.165, 1.54) is 0 Å². The molecule has 122 valence electrons. The molecule has 0 amide bonds. The van der Waals surface area contributed by atoms with Gasteiger partial charge in [-0.25, -0.2) is 4.98 Å². The molecule has 0 aliphatic rings. The van der Waals surface area contributed by atoms with Crippen molar-refractivity contribution < 1.29 is 4.74 Å². The summed E-state index contributed by atoms with van der Waals surface area (Å²) in [6, 6.07) is 15.4. The largest absolute Gasteiger partial charge is 0.496 e. The zero-order valence-electron chi connectivity index (χ0n) is 13.5. The van der Waals surface area contributed by atoms with Gasteiger partial charge >= 0.3 is 0 Å². The lowest BCUT2D eigenvalue weighted by Gasteiger charge is -2.18. The second-order valence-corrected chi connectivity index (χ2v) is 5.75. The van der Waals surface area contributed by atoms with Crippen LogP contribution >= 0.6 is 11.6 Å². The van der Waals surface area contributed by atoms with Crippen molar-refractivity contribution in [1.29, 1.82) is 0 Å². The summed E-state index contributed by atoms with van der Waals surface area (Å²) >= 11 is 5.93. The van der Waals surface area contributed by atoms with Crippen LogP contribution in [-0.4, -0.2) is 29.3 Å². The summed E-state index contributed by atoms with van der Waals surface area (Å²) in [5, 5.41) is 8.89. The summed E-state index contributed by atoms with van der Waals surface area (Å²) in [7, 11) is 3.59. The van der Waals surface area contributed by atoms with E-state index in [0.717, 1.165) is 22.6 Å². The minimum Gasteiger partial charge on any atom is -0.496 e. The summed E-state index contributed by atoms with van der Waals surface area (Å²) < 4.78 is 5.39. The van der Waals surface area contributed by atoms with Crippen molar-refractivity contribution in [3.63, 3.8) is 0 Å². The van der Waals surface area contributed by atoms with Gasteiger partial charge in [0.05, 0.1) is 19.0 Å². The Morgan fingerprint density at radius 3 is 2.58 bits per heavy atom. The van der Waals surface area contributed by atoms with Gasteiger partial charge < -0.3 is 9.64 Å². The summed E-state index contributed by atoms with van der Waals surface area (Å²) in [6.07, 6.45) is 1.64. The number of methoxy groups -OCH3 is 1. The van der Waals surface area contributed by atoms with Crippen molar-refractivity contribution in [2.24, 2.45) is 0 Å². The highest BCUT2D eigenvalue weighted by atomic mass is 35.5. The van der Waals surface area contributed by atoms with Gasteiger partial charge in [0.25, 0.3) is 0 Å². The quantitative estimate of drug-likeness (QED) is 0.706. The molecule has 3 rings (SSSR count). The second kappa shape index (κ2) is 7.27. The number of rotatable bonds is 5. The molecule has 0 bridgehead atoms. The van der Waals surface area contributed by atoms with Crippen LogP contribution in [0.2, 0.25) is 5.02 Å². The molecule has 0 saturated carbocycles. The second-order valence-electron chi connectivity index (χ2n) is 5.32. The molecule has 0 N–H and O–H groups in total. The van der Waals surface area contributed by atoms with Crippen LogP contribution in [0.1, 0.15) is 5.56 Å². The lowest BCUT2D eigenvalue weighted by atomic mass is 10.2. The first-order valence-corrected chi connectivity index (χ1v) is 7.84. The molecule has 0 aliphatic carbocycles. The fourth-order valence-corrected chi connectivity index (χ4v) is 2.50. The van der Waals surface area contributed by atoms with Crippen LogP contribution in [0.15, 0.2) is 54.7 Å². The Morgan fingerprint density at radius 1 is 1.08 bits per heavy atom. The summed E-state index contributed by atoms with van der Waals surface area (Å²) in [4.78, 5) is 6.53. The average Bonchev–Trinajstić information content (AvgIpc) is 2.63. The maximum atomic E-state index is 5.93. The number of para-hydroxylation sites is 1. The van der Waals surface area contributed by atoms with Crippen LogP contribution < -0.4 is 9.64 Å². The minimum absolute atomic E-state index is 0.549. The van der Waals surface area contributed by atoms with Gasteiger partial charge in [-0.15, -0.1) is 5.10 Å². The number of benzene rings is 2. The number of nitrogens with zero attached hydrogens (tertiary/aromatic N) is 4. The lowest BCUT2D eigenvalue weighted by Crippen LogP contribution is -2.20. The van der Waals surface area contributed by atoms with Crippen LogP contribution in [0.25, 0.3) is 11.3 Å². The predicted molar refractivity (Wildman–Crippen MR) is 95.4 cm³/mol. The van der Waals surface area contributed by atoms with Gasteiger partial charge in [0, 0.05) is 29.7 Å². The van der Waals surface area contributed by atoms with Gasteiger partial charge in [0.15, 0.2) is 0 Å². The lowest BCUT2D eigenvalue weighted by molar-refractivity contribution is 0.409. The van der Waals surface area contributed by atoms with E-state index in [0.29, 0.717) is 17.5 Å². The van der Waals surface area contributed by atoms with E-state index in [1.54, 1.807) is 13.3 Å². The van der Waals surface area contributed by atoms with Gasteiger partial charge in [0.1, 0.15) is 5.75 Å². The molecule has 0 saturated heterocycles. The molecular weight excluding hydrogens is 324 g/mol. The fourth-order valence-electron chi connectivity index (χ4n) is 2.38. The molecule has 0 radical (unpaired) electrons. The minimum atomic E-state index is 0.549. The van der Waals surface area contributed by atoms with Crippen molar-refractivity contribution >= 4 is 17.5 Å². The first-order chi connectivity index (χ1) is 11.7. The third-order valence-electron chi connectivity index (χ3n) is 3.63. The van der Waals surface area contributed by atoms with Gasteiger partial charge in [0.2, 0.25) is 5.95 Å². The first kappa shape index (κ1) is 16.2. The molecule has 0 spiro atoms. The van der Waals surface area contributed by atoms with E-state index in [9.17, 15) is 0 Å². The summed E-state index contributed by atoms with van der Waals surface area (Å²) in [6.45, 7) is 0.621. The van der Waals surface area contributed by atoms with E-state index in [1.807, 2.05) is 60.5 Å². The Bertz CT molecular complexity index is 823. The molecule has 6 heteroatoms. The highest BCUT2D eigenvalue weighted by Gasteiger charge is 2.11.